The van der Waals surface area contributed by atoms with Gasteiger partial charge in [-0.25, -0.2) is 4.99 Å². The number of ether oxygens (including phenoxy) is 1. The average Bonchev–Trinajstić information content (AvgIpc) is 2.91. The molecule has 1 unspecified atom stereocenters. The molecular weight excluding hydrogens is 409 g/mol. The molecule has 2 aromatic carbocycles. The molecule has 10 heteroatoms. The fraction of sp³-hybridized carbons (Fsp3) is 0.300. The molecule has 0 saturated carbocycles. The summed E-state index contributed by atoms with van der Waals surface area (Å²) in [7, 11) is 1.42. The number of guanidine groups is 1. The summed E-state index contributed by atoms with van der Waals surface area (Å²) in [4.78, 5) is 18.6. The summed E-state index contributed by atoms with van der Waals surface area (Å²) < 4.78 is 67.0. The van der Waals surface area contributed by atoms with Crippen LogP contribution in [-0.4, -0.2) is 36.6 Å². The van der Waals surface area contributed by atoms with E-state index in [4.69, 9.17) is 5.73 Å². The highest BCUT2D eigenvalue weighted by Gasteiger charge is 2.49. The van der Waals surface area contributed by atoms with Crippen LogP contribution < -0.4 is 10.5 Å². The van der Waals surface area contributed by atoms with Crippen LogP contribution in [-0.2, 0) is 16.8 Å². The molecule has 0 radical (unpaired) electrons. The molecule has 5 nitrogen and oxygen atoms in total. The van der Waals surface area contributed by atoms with Crippen molar-refractivity contribution in [1.82, 2.24) is 4.90 Å². The van der Waals surface area contributed by atoms with Crippen molar-refractivity contribution in [2.24, 2.45) is 10.7 Å². The predicted octanol–water partition coefficient (Wildman–Crippen LogP) is 3.81. The van der Waals surface area contributed by atoms with Crippen molar-refractivity contribution in [1.29, 1.82) is 0 Å². The number of benzene rings is 2. The number of halogens is 5. The van der Waals surface area contributed by atoms with Crippen molar-refractivity contribution >= 4 is 11.9 Å². The van der Waals surface area contributed by atoms with E-state index in [1.165, 1.54) is 49.5 Å². The van der Waals surface area contributed by atoms with Crippen LogP contribution in [0, 0.1) is 0 Å². The maximum absolute atomic E-state index is 13.1. The van der Waals surface area contributed by atoms with E-state index in [0.717, 1.165) is 4.90 Å². The Labute approximate surface area is 168 Å². The topological polar surface area (TPSA) is 67.9 Å². The van der Waals surface area contributed by atoms with Crippen molar-refractivity contribution in [2.75, 3.05) is 7.05 Å². The van der Waals surface area contributed by atoms with Crippen LogP contribution in [0.4, 0.5) is 22.0 Å². The summed E-state index contributed by atoms with van der Waals surface area (Å²) in [6, 6.07) is 11.4. The minimum atomic E-state index is -4.32. The molecule has 0 aromatic heterocycles. The first-order valence-electron chi connectivity index (χ1n) is 8.88. The lowest BCUT2D eigenvalue weighted by Gasteiger charge is -2.26. The van der Waals surface area contributed by atoms with Gasteiger partial charge >= 0.3 is 12.8 Å². The van der Waals surface area contributed by atoms with Gasteiger partial charge in [0.05, 0.1) is 0 Å². The number of amides is 1. The molecule has 30 heavy (non-hydrogen) atoms. The Kier molecular flexibility index (Phi) is 5.69. The number of alkyl halides is 5. The average molecular weight is 427 g/mol. The molecule has 0 fully saturated rings. The Hall–Kier alpha value is -3.17. The third-order valence-corrected chi connectivity index (χ3v) is 4.78. The number of rotatable bonds is 6. The largest absolute Gasteiger partial charge is 0.435 e. The van der Waals surface area contributed by atoms with Crippen LogP contribution in [0.2, 0.25) is 0 Å². The third kappa shape index (κ3) is 4.22. The van der Waals surface area contributed by atoms with Crippen molar-refractivity contribution < 1.29 is 31.5 Å². The van der Waals surface area contributed by atoms with Crippen LogP contribution >= 0.6 is 0 Å². The van der Waals surface area contributed by atoms with Crippen LogP contribution in [0.1, 0.15) is 23.1 Å². The Morgan fingerprint density at radius 1 is 1.13 bits per heavy atom. The number of carbonyl (C=O) groups is 1. The predicted molar refractivity (Wildman–Crippen MR) is 99.1 cm³/mol. The summed E-state index contributed by atoms with van der Waals surface area (Å²) in [5, 5.41) is 0. The summed E-state index contributed by atoms with van der Waals surface area (Å²) in [5.41, 5.74) is 5.22. The smallest absolute Gasteiger partial charge is 0.389 e. The second-order valence-corrected chi connectivity index (χ2v) is 6.76. The Balaban J connectivity index is 2.06. The third-order valence-electron chi connectivity index (χ3n) is 4.78. The van der Waals surface area contributed by atoms with Gasteiger partial charge in [0.2, 0.25) is 0 Å². The molecule has 0 bridgehead atoms. The van der Waals surface area contributed by atoms with E-state index in [2.05, 4.69) is 9.73 Å². The molecule has 2 aromatic rings. The first kappa shape index (κ1) is 21.5. The normalized spacial score (nSPS) is 19.4. The van der Waals surface area contributed by atoms with E-state index in [0.29, 0.717) is 16.7 Å². The van der Waals surface area contributed by atoms with Crippen molar-refractivity contribution in [3.63, 3.8) is 0 Å². The Morgan fingerprint density at radius 3 is 2.33 bits per heavy atom. The van der Waals surface area contributed by atoms with Gasteiger partial charge in [0, 0.05) is 13.5 Å². The van der Waals surface area contributed by atoms with Gasteiger partial charge in [-0.1, -0.05) is 36.4 Å². The fourth-order valence-corrected chi connectivity index (χ4v) is 3.30. The second kappa shape index (κ2) is 7.92. The first-order chi connectivity index (χ1) is 14.0. The van der Waals surface area contributed by atoms with E-state index in [-0.39, 0.29) is 18.1 Å². The number of carbonyl (C=O) groups excluding carboxylic acids is 1. The molecule has 2 N–H and O–H groups in total. The number of nitrogens with two attached hydrogens (primary N) is 1. The molecule has 160 valence electrons. The molecule has 1 aliphatic heterocycles. The number of hydrogen-bond acceptors (Lipinski definition) is 4. The van der Waals surface area contributed by atoms with Gasteiger partial charge in [-0.2, -0.15) is 22.0 Å². The lowest BCUT2D eigenvalue weighted by molar-refractivity contribution is -0.134. The van der Waals surface area contributed by atoms with Crippen LogP contribution in [0.25, 0.3) is 0 Å². The van der Waals surface area contributed by atoms with Crippen LogP contribution in [0.5, 0.6) is 5.75 Å². The highest BCUT2D eigenvalue weighted by molar-refractivity contribution is 6.08. The van der Waals surface area contributed by atoms with E-state index >= 15 is 0 Å². The van der Waals surface area contributed by atoms with Gasteiger partial charge < -0.3 is 10.5 Å². The minimum absolute atomic E-state index is 0.0754. The number of hydrogen-bond donors (Lipinski definition) is 1. The zero-order valence-electron chi connectivity index (χ0n) is 15.8. The maximum atomic E-state index is 13.1. The van der Waals surface area contributed by atoms with Crippen molar-refractivity contribution in [3.8, 4) is 5.75 Å². The maximum Gasteiger partial charge on any atom is 0.389 e. The number of nitrogens with zero attached hydrogens (tertiary/aromatic N) is 2. The van der Waals surface area contributed by atoms with E-state index in [9.17, 15) is 26.7 Å². The number of aliphatic imine (C=N–C) groups is 1. The van der Waals surface area contributed by atoms with Crippen LogP contribution in [0.3, 0.4) is 0 Å². The highest BCUT2D eigenvalue weighted by Crippen LogP contribution is 2.40. The fourth-order valence-electron chi connectivity index (χ4n) is 3.30. The first-order valence-corrected chi connectivity index (χ1v) is 8.88. The SMILES string of the molecule is CN1C(=O)C(c2ccc(OC(F)F)cc2)(c2cccc(CCC(F)(F)F)c2)N=C1N. The molecule has 1 aliphatic rings. The summed E-state index contributed by atoms with van der Waals surface area (Å²) in [6.07, 6.45) is -5.60. The summed E-state index contributed by atoms with van der Waals surface area (Å²) in [6.45, 7) is -3.01. The van der Waals surface area contributed by atoms with Gasteiger partial charge in [0.15, 0.2) is 11.5 Å². The number of aryl methyl sites for hydroxylation is 1. The Bertz CT molecular complexity index is 960. The van der Waals surface area contributed by atoms with Gasteiger partial charge in [-0.3, -0.25) is 9.69 Å². The van der Waals surface area contributed by atoms with Crippen molar-refractivity contribution in [3.05, 3.63) is 65.2 Å². The second-order valence-electron chi connectivity index (χ2n) is 6.76. The molecule has 1 heterocycles. The zero-order valence-corrected chi connectivity index (χ0v) is 15.8. The molecule has 3 rings (SSSR count). The van der Waals surface area contributed by atoms with Gasteiger partial charge in [-0.15, -0.1) is 0 Å². The van der Waals surface area contributed by atoms with Crippen molar-refractivity contribution in [2.45, 2.75) is 31.2 Å². The van der Waals surface area contributed by atoms with Gasteiger partial charge in [0.1, 0.15) is 5.75 Å². The van der Waals surface area contributed by atoms with E-state index in [1.807, 2.05) is 0 Å². The highest BCUT2D eigenvalue weighted by atomic mass is 19.4. The Morgan fingerprint density at radius 2 is 1.80 bits per heavy atom. The zero-order chi connectivity index (χ0) is 22.1. The van der Waals surface area contributed by atoms with Crippen LogP contribution in [0.15, 0.2) is 53.5 Å². The number of likely N-dealkylation sites (N-methyl/N-ethyl adjacent to an activating group) is 1. The monoisotopic (exact) mass is 427 g/mol. The molecule has 0 saturated heterocycles. The molecule has 1 amide bonds. The quantitative estimate of drug-likeness (QED) is 0.713. The van der Waals surface area contributed by atoms with Gasteiger partial charge in [0.25, 0.3) is 5.91 Å². The molecular formula is C20H18F5N3O2. The molecule has 1 atom stereocenters. The molecule has 0 aliphatic carbocycles. The standard InChI is InChI=1S/C20H18F5N3O2/c1-28-16(29)20(27-18(28)26,13-5-7-15(8-6-13)30-17(21)22)14-4-2-3-12(11-14)9-10-19(23,24)25/h2-8,11,17H,9-10H2,1H3,(H2,26,27). The lowest BCUT2D eigenvalue weighted by Crippen LogP contribution is -2.41. The summed E-state index contributed by atoms with van der Waals surface area (Å²) >= 11 is 0. The van der Waals surface area contributed by atoms with Gasteiger partial charge in [-0.05, 0) is 35.2 Å². The minimum Gasteiger partial charge on any atom is -0.435 e. The molecule has 0 spiro atoms. The lowest BCUT2D eigenvalue weighted by atomic mass is 9.82. The van der Waals surface area contributed by atoms with E-state index in [1.54, 1.807) is 6.07 Å². The van der Waals surface area contributed by atoms with E-state index < -0.39 is 30.7 Å². The summed E-state index contributed by atoms with van der Waals surface area (Å²) in [5.74, 6) is -0.706.